The number of aromatic nitrogens is 2. The summed E-state index contributed by atoms with van der Waals surface area (Å²) < 4.78 is 26.5. The fourth-order valence-corrected chi connectivity index (χ4v) is 2.66. The standard InChI is InChI=1S/C14H20N4O2S/c1-4-14-11(10-18(2)16-14)9-15-12-5-7-13(8-6-12)17-21(3,19)20/h5-8,10,15,17H,4,9H2,1-3H3. The SMILES string of the molecule is CCc1nn(C)cc1CNc1ccc(NS(C)(=O)=O)cc1. The van der Waals surface area contributed by atoms with Gasteiger partial charge in [-0.15, -0.1) is 0 Å². The Morgan fingerprint density at radius 2 is 1.81 bits per heavy atom. The first-order valence-electron chi connectivity index (χ1n) is 6.70. The molecule has 1 aromatic carbocycles. The number of benzene rings is 1. The van der Waals surface area contributed by atoms with Crippen LogP contribution < -0.4 is 10.0 Å². The first-order chi connectivity index (χ1) is 9.87. The van der Waals surface area contributed by atoms with Gasteiger partial charge in [0.25, 0.3) is 0 Å². The van der Waals surface area contributed by atoms with E-state index in [0.29, 0.717) is 12.2 Å². The first kappa shape index (κ1) is 15.4. The van der Waals surface area contributed by atoms with Gasteiger partial charge in [0.1, 0.15) is 0 Å². The van der Waals surface area contributed by atoms with Crippen molar-refractivity contribution in [3.63, 3.8) is 0 Å². The molecule has 0 aliphatic heterocycles. The predicted octanol–water partition coefficient (Wildman–Crippen LogP) is 1.97. The first-order valence-corrected chi connectivity index (χ1v) is 8.59. The smallest absolute Gasteiger partial charge is 0.229 e. The Morgan fingerprint density at radius 3 is 2.38 bits per heavy atom. The van der Waals surface area contributed by atoms with E-state index in [4.69, 9.17) is 0 Å². The third kappa shape index (κ3) is 4.49. The zero-order valence-corrected chi connectivity index (χ0v) is 13.2. The highest BCUT2D eigenvalue weighted by Crippen LogP contribution is 2.16. The van der Waals surface area contributed by atoms with Crippen LogP contribution in [0, 0.1) is 0 Å². The Bertz CT molecular complexity index is 705. The number of sulfonamides is 1. The van der Waals surface area contributed by atoms with E-state index in [2.05, 4.69) is 22.1 Å². The maximum atomic E-state index is 11.1. The van der Waals surface area contributed by atoms with E-state index in [9.17, 15) is 8.42 Å². The van der Waals surface area contributed by atoms with E-state index < -0.39 is 10.0 Å². The van der Waals surface area contributed by atoms with Crippen LogP contribution in [0.4, 0.5) is 11.4 Å². The topological polar surface area (TPSA) is 76.0 Å². The molecule has 114 valence electrons. The van der Waals surface area contributed by atoms with Crippen molar-refractivity contribution in [2.75, 3.05) is 16.3 Å². The molecule has 2 N–H and O–H groups in total. The van der Waals surface area contributed by atoms with Gasteiger partial charge < -0.3 is 5.32 Å². The van der Waals surface area contributed by atoms with Gasteiger partial charge in [-0.3, -0.25) is 9.40 Å². The number of hydrogen-bond donors (Lipinski definition) is 2. The van der Waals surface area contributed by atoms with Crippen LogP contribution in [0.15, 0.2) is 30.5 Å². The zero-order valence-electron chi connectivity index (χ0n) is 12.4. The maximum Gasteiger partial charge on any atom is 0.229 e. The number of nitrogens with one attached hydrogen (secondary N) is 2. The van der Waals surface area contributed by atoms with Crippen molar-refractivity contribution in [1.82, 2.24) is 9.78 Å². The van der Waals surface area contributed by atoms with Crippen LogP contribution in [-0.2, 0) is 30.0 Å². The molecule has 0 fully saturated rings. The van der Waals surface area contributed by atoms with Crippen LogP contribution in [-0.4, -0.2) is 24.5 Å². The van der Waals surface area contributed by atoms with Crippen LogP contribution in [0.1, 0.15) is 18.2 Å². The molecule has 7 heteroatoms. The third-order valence-corrected chi connectivity index (χ3v) is 3.60. The van der Waals surface area contributed by atoms with Crippen molar-refractivity contribution < 1.29 is 8.42 Å². The predicted molar refractivity (Wildman–Crippen MR) is 84.8 cm³/mol. The Hall–Kier alpha value is -2.02. The molecule has 0 atom stereocenters. The van der Waals surface area contributed by atoms with Crippen molar-refractivity contribution >= 4 is 21.4 Å². The molecule has 0 aliphatic rings. The van der Waals surface area contributed by atoms with E-state index in [1.54, 1.807) is 12.1 Å². The van der Waals surface area contributed by atoms with Gasteiger partial charge in [-0.05, 0) is 30.7 Å². The van der Waals surface area contributed by atoms with Crippen LogP contribution >= 0.6 is 0 Å². The number of aryl methyl sites for hydroxylation is 2. The van der Waals surface area contributed by atoms with Gasteiger partial charge in [-0.1, -0.05) is 6.92 Å². The molecule has 0 amide bonds. The quantitative estimate of drug-likeness (QED) is 0.855. The Balaban J connectivity index is 2.00. The molecule has 2 rings (SSSR count). The molecule has 1 heterocycles. The normalized spacial score (nSPS) is 11.4. The summed E-state index contributed by atoms with van der Waals surface area (Å²) in [5.41, 5.74) is 3.73. The summed E-state index contributed by atoms with van der Waals surface area (Å²) in [6.45, 7) is 2.77. The highest BCUT2D eigenvalue weighted by Gasteiger charge is 2.06. The number of rotatable bonds is 6. The summed E-state index contributed by atoms with van der Waals surface area (Å²) in [6.07, 6.45) is 4.04. The van der Waals surface area contributed by atoms with Gasteiger partial charge in [0.05, 0.1) is 11.9 Å². The third-order valence-electron chi connectivity index (χ3n) is 3.00. The van der Waals surface area contributed by atoms with Gasteiger partial charge in [0.2, 0.25) is 10.0 Å². The average molecular weight is 308 g/mol. The second-order valence-electron chi connectivity index (χ2n) is 4.93. The van der Waals surface area contributed by atoms with E-state index in [-0.39, 0.29) is 0 Å². The molecule has 6 nitrogen and oxygen atoms in total. The van der Waals surface area contributed by atoms with Crippen molar-refractivity contribution in [2.24, 2.45) is 7.05 Å². The van der Waals surface area contributed by atoms with Gasteiger partial charge in [-0.25, -0.2) is 8.42 Å². The highest BCUT2D eigenvalue weighted by atomic mass is 32.2. The van der Waals surface area contributed by atoms with E-state index in [0.717, 1.165) is 24.1 Å². The molecule has 0 unspecified atom stereocenters. The fraction of sp³-hybridized carbons (Fsp3) is 0.357. The molecule has 2 aromatic rings. The average Bonchev–Trinajstić information content (AvgIpc) is 2.76. The van der Waals surface area contributed by atoms with Crippen LogP contribution in [0.5, 0.6) is 0 Å². The van der Waals surface area contributed by atoms with E-state index in [1.807, 2.05) is 30.1 Å². The van der Waals surface area contributed by atoms with Crippen molar-refractivity contribution in [3.8, 4) is 0 Å². The minimum absolute atomic E-state index is 0.554. The second kappa shape index (κ2) is 6.17. The minimum atomic E-state index is -3.23. The van der Waals surface area contributed by atoms with Crippen LogP contribution in [0.25, 0.3) is 0 Å². The molecular formula is C14H20N4O2S. The number of hydrogen-bond acceptors (Lipinski definition) is 4. The van der Waals surface area contributed by atoms with Crippen LogP contribution in [0.3, 0.4) is 0 Å². The molecular weight excluding hydrogens is 288 g/mol. The van der Waals surface area contributed by atoms with E-state index >= 15 is 0 Å². The molecule has 0 aliphatic carbocycles. The molecule has 0 radical (unpaired) electrons. The summed E-state index contributed by atoms with van der Waals surface area (Å²) in [6, 6.07) is 7.14. The summed E-state index contributed by atoms with van der Waals surface area (Å²) in [5.74, 6) is 0. The molecule has 1 aromatic heterocycles. The van der Waals surface area contributed by atoms with Gasteiger partial charge >= 0.3 is 0 Å². The van der Waals surface area contributed by atoms with Crippen molar-refractivity contribution in [2.45, 2.75) is 19.9 Å². The monoisotopic (exact) mass is 308 g/mol. The van der Waals surface area contributed by atoms with Crippen molar-refractivity contribution in [3.05, 3.63) is 41.7 Å². The molecule has 21 heavy (non-hydrogen) atoms. The second-order valence-corrected chi connectivity index (χ2v) is 6.68. The lowest BCUT2D eigenvalue weighted by Crippen LogP contribution is -2.09. The van der Waals surface area contributed by atoms with Crippen LogP contribution in [0.2, 0.25) is 0 Å². The molecule has 0 spiro atoms. The Morgan fingerprint density at radius 1 is 1.19 bits per heavy atom. The molecule has 0 bridgehead atoms. The summed E-state index contributed by atoms with van der Waals surface area (Å²) >= 11 is 0. The van der Waals surface area contributed by atoms with Gasteiger partial charge in [-0.2, -0.15) is 5.10 Å². The fourth-order valence-electron chi connectivity index (χ4n) is 2.10. The van der Waals surface area contributed by atoms with Crippen molar-refractivity contribution in [1.29, 1.82) is 0 Å². The summed E-state index contributed by atoms with van der Waals surface area (Å²) in [4.78, 5) is 0. The summed E-state index contributed by atoms with van der Waals surface area (Å²) in [5, 5.41) is 7.70. The lowest BCUT2D eigenvalue weighted by molar-refractivity contribution is 0.607. The zero-order chi connectivity index (χ0) is 15.5. The Labute approximate surface area is 125 Å². The molecule has 0 saturated heterocycles. The lowest BCUT2D eigenvalue weighted by Gasteiger charge is -2.08. The maximum absolute atomic E-state index is 11.1. The number of nitrogens with zero attached hydrogens (tertiary/aromatic N) is 2. The molecule has 0 saturated carbocycles. The lowest BCUT2D eigenvalue weighted by atomic mass is 10.2. The Kier molecular flexibility index (Phi) is 4.52. The largest absolute Gasteiger partial charge is 0.381 e. The minimum Gasteiger partial charge on any atom is -0.381 e. The van der Waals surface area contributed by atoms with E-state index in [1.165, 1.54) is 5.56 Å². The highest BCUT2D eigenvalue weighted by molar-refractivity contribution is 7.92. The van der Waals surface area contributed by atoms with Gasteiger partial charge in [0.15, 0.2) is 0 Å². The van der Waals surface area contributed by atoms with Gasteiger partial charge in [0, 0.05) is 36.7 Å². The summed E-state index contributed by atoms with van der Waals surface area (Å²) in [7, 11) is -1.32. The number of anilines is 2.